The topological polar surface area (TPSA) is 0 Å². The van der Waals surface area contributed by atoms with Gasteiger partial charge in [-0.05, 0) is 12.8 Å². The van der Waals surface area contributed by atoms with Crippen molar-refractivity contribution in [3.8, 4) is 0 Å². The molecule has 4 heteroatoms. The van der Waals surface area contributed by atoms with E-state index >= 15 is 0 Å². The summed E-state index contributed by atoms with van der Waals surface area (Å²) in [6.45, 7) is 8.91. The van der Waals surface area contributed by atoms with Crippen molar-refractivity contribution in [2.75, 3.05) is 0 Å². The molecule has 4 aliphatic carbocycles. The van der Waals surface area contributed by atoms with Crippen LogP contribution in [0.15, 0.2) is 48.5 Å². The minimum Gasteiger partial charge on any atom is -1.00 e. The maximum absolute atomic E-state index is 3.57. The van der Waals surface area contributed by atoms with E-state index in [1.54, 1.807) is 45.6 Å². The first-order chi connectivity index (χ1) is 17.4. The second-order valence-electron chi connectivity index (χ2n) is 10.8. The number of allylic oxidation sites excluding steroid dienone is 4. The van der Waals surface area contributed by atoms with Crippen LogP contribution in [0.4, 0.5) is 0 Å². The molecular formula is C34H32Cl2SiZr-2. The van der Waals surface area contributed by atoms with Crippen LogP contribution in [0.2, 0.25) is 13.1 Å². The first kappa shape index (κ1) is 29.5. The van der Waals surface area contributed by atoms with Crippen molar-refractivity contribution in [1.82, 2.24) is 0 Å². The van der Waals surface area contributed by atoms with E-state index in [9.17, 15) is 0 Å². The second kappa shape index (κ2) is 12.0. The molecule has 0 N–H and O–H groups in total. The third-order valence-corrected chi connectivity index (χ3v) is 7.77. The van der Waals surface area contributed by atoms with Gasteiger partial charge in [0.05, 0.1) is 0 Å². The third kappa shape index (κ3) is 5.19. The van der Waals surface area contributed by atoms with E-state index in [2.05, 4.69) is 87.6 Å². The van der Waals surface area contributed by atoms with Gasteiger partial charge in [-0.15, -0.1) is 68.4 Å². The Hall–Kier alpha value is -1.44. The molecule has 4 aliphatic rings. The quantitative estimate of drug-likeness (QED) is 0.206. The molecular weight excluding hydrogens is 599 g/mol. The number of rotatable bonds is 0. The van der Waals surface area contributed by atoms with Gasteiger partial charge in [-0.2, -0.15) is 0 Å². The van der Waals surface area contributed by atoms with Gasteiger partial charge in [0, 0.05) is 0 Å². The smallest absolute Gasteiger partial charge is 0.0369 e. The number of aryl methyl sites for hydroxylation is 2. The monoisotopic (exact) mass is 628 g/mol. The summed E-state index contributed by atoms with van der Waals surface area (Å²) in [6.07, 6.45) is 7.66. The van der Waals surface area contributed by atoms with Crippen molar-refractivity contribution in [3.63, 3.8) is 0 Å². The molecule has 0 spiro atoms. The summed E-state index contributed by atoms with van der Waals surface area (Å²) in [5.41, 5.74) is 14.9. The standard InChI is InChI=1S/2C16H13.C2H6Si.2ClH.Zr/c2*1-10-8-11-4-2-7-14-12-5-3-6-13(12)15(9-10)16(11)14;1-3-2;;;/h2*2,4,7-8H,3,5-6H2,1H3;1-2H3;2*1H;/q2*-1;;;;+2/p-2. The zero-order valence-electron chi connectivity index (χ0n) is 22.6. The van der Waals surface area contributed by atoms with Gasteiger partial charge in [-0.25, -0.2) is 0 Å². The average molecular weight is 631 g/mol. The van der Waals surface area contributed by atoms with Crippen molar-refractivity contribution in [3.05, 3.63) is 94.0 Å². The Labute approximate surface area is 255 Å². The molecule has 4 aromatic rings. The maximum Gasteiger partial charge on any atom is -0.0369 e. The van der Waals surface area contributed by atoms with Gasteiger partial charge >= 0.3 is 41.9 Å². The first-order valence-electron chi connectivity index (χ1n) is 13.3. The molecule has 0 aliphatic heterocycles. The summed E-state index contributed by atoms with van der Waals surface area (Å²) < 4.78 is 0. The Morgan fingerprint density at radius 1 is 0.632 bits per heavy atom. The molecule has 0 nitrogen and oxygen atoms in total. The molecule has 0 aromatic heterocycles. The van der Waals surface area contributed by atoms with Crippen LogP contribution >= 0.6 is 0 Å². The van der Waals surface area contributed by atoms with Crippen molar-refractivity contribution in [1.29, 1.82) is 0 Å². The van der Waals surface area contributed by atoms with Crippen molar-refractivity contribution >= 4 is 49.3 Å². The summed E-state index contributed by atoms with van der Waals surface area (Å²) in [5, 5.41) is 5.69. The van der Waals surface area contributed by atoms with Crippen LogP contribution in [0.1, 0.15) is 71.9 Å². The molecule has 0 heterocycles. The number of hydrogen-bond acceptors (Lipinski definition) is 0. The predicted molar refractivity (Wildman–Crippen MR) is 154 cm³/mol. The maximum atomic E-state index is 3.57. The van der Waals surface area contributed by atoms with Crippen LogP contribution in [-0.2, 0) is 23.3 Å². The molecule has 0 fully saturated rings. The summed E-state index contributed by atoms with van der Waals surface area (Å²) in [5.74, 6) is 0. The third-order valence-electron chi connectivity index (χ3n) is 7.77. The summed E-state index contributed by atoms with van der Waals surface area (Å²) in [7, 11) is 0. The molecule has 0 saturated carbocycles. The molecule has 8 rings (SSSR count). The molecule has 4 aromatic carbocycles. The van der Waals surface area contributed by atoms with Gasteiger partial charge in [-0.1, -0.05) is 109 Å². The van der Waals surface area contributed by atoms with E-state index in [1.807, 2.05) is 0 Å². The second-order valence-corrected chi connectivity index (χ2v) is 20.2. The van der Waals surface area contributed by atoms with E-state index in [4.69, 9.17) is 0 Å². The minimum absolute atomic E-state index is 0. The number of halogens is 2. The van der Waals surface area contributed by atoms with Gasteiger partial charge < -0.3 is 24.8 Å². The van der Waals surface area contributed by atoms with Crippen LogP contribution < -0.4 is 24.8 Å². The van der Waals surface area contributed by atoms with Gasteiger partial charge in [0.25, 0.3) is 0 Å². The average Bonchev–Trinajstić information content (AvgIpc) is 3.60. The fraction of sp³-hybridized carbons (Fsp3) is 0.294. The zero-order valence-corrected chi connectivity index (χ0v) is 27.6. The first-order valence-corrected chi connectivity index (χ1v) is 19.5. The van der Waals surface area contributed by atoms with Crippen LogP contribution in [-0.4, -0.2) is 5.43 Å². The number of fused-ring (bicyclic) bond motifs is 4. The Kier molecular flexibility index (Phi) is 9.31. The van der Waals surface area contributed by atoms with Crippen LogP contribution in [0, 0.1) is 26.0 Å². The largest absolute Gasteiger partial charge is 1.00 e. The van der Waals surface area contributed by atoms with Gasteiger partial charge in [0.1, 0.15) is 0 Å². The van der Waals surface area contributed by atoms with E-state index < -0.39 is 0 Å². The normalized spacial score (nSPS) is 15.3. The van der Waals surface area contributed by atoms with Crippen LogP contribution in [0.3, 0.4) is 0 Å². The molecule has 0 saturated heterocycles. The Balaban J connectivity index is 0.000000149. The molecule has 0 amide bonds. The molecule has 38 heavy (non-hydrogen) atoms. The minimum atomic E-state index is 0. The Morgan fingerprint density at radius 3 is 1.39 bits per heavy atom. The fourth-order valence-corrected chi connectivity index (χ4v) is 6.59. The van der Waals surface area contributed by atoms with Crippen LogP contribution in [0.5, 0.6) is 0 Å². The molecule has 192 valence electrons. The molecule has 0 unspecified atom stereocenters. The predicted octanol–water partition coefficient (Wildman–Crippen LogP) is 3.51. The Bertz CT molecular complexity index is 1520. The van der Waals surface area contributed by atoms with E-state index in [-0.39, 0.29) is 30.2 Å². The van der Waals surface area contributed by atoms with Crippen molar-refractivity contribution in [2.45, 2.75) is 65.5 Å². The van der Waals surface area contributed by atoms with Gasteiger partial charge in [-0.3, -0.25) is 0 Å². The molecule has 0 radical (unpaired) electrons. The fourth-order valence-electron chi connectivity index (χ4n) is 6.59. The molecule has 0 bridgehead atoms. The van der Waals surface area contributed by atoms with Crippen molar-refractivity contribution < 1.29 is 48.1 Å². The summed E-state index contributed by atoms with van der Waals surface area (Å²) >= 11 is 1.74. The van der Waals surface area contributed by atoms with E-state index in [0.29, 0.717) is 0 Å². The molecule has 0 atom stereocenters. The van der Waals surface area contributed by atoms with Crippen LogP contribution in [0.25, 0.3) is 43.8 Å². The zero-order chi connectivity index (χ0) is 25.0. The number of hydrogen-bond donors (Lipinski definition) is 0. The van der Waals surface area contributed by atoms with E-state index in [0.717, 1.165) is 0 Å². The summed E-state index contributed by atoms with van der Waals surface area (Å²) in [4.78, 5) is 0. The number of benzene rings is 4. The van der Waals surface area contributed by atoms with Gasteiger partial charge in [0.15, 0.2) is 0 Å². The Morgan fingerprint density at radius 2 is 1.00 bits per heavy atom. The summed E-state index contributed by atoms with van der Waals surface area (Å²) in [6, 6.07) is 25.0. The SMILES string of the molecule is C[Si](C)=[Zr+2].Cc1[c-]c2c3c(cccc3c1)C1=C2CCC1.Cc1[c-]c2c3c(cccc3c1)C1=C2CCC1.[Cl-].[Cl-]. The van der Waals surface area contributed by atoms with Crippen molar-refractivity contribution in [2.24, 2.45) is 0 Å². The van der Waals surface area contributed by atoms with E-state index in [1.165, 1.54) is 93.5 Å². The van der Waals surface area contributed by atoms with Gasteiger partial charge in [0.2, 0.25) is 0 Å².